The minimum Gasteiger partial charge on any atom is -0.488 e. The summed E-state index contributed by atoms with van der Waals surface area (Å²) in [5, 5.41) is 17.1. The maximum Gasteiger partial charge on any atom is 0.197 e. The second-order valence-corrected chi connectivity index (χ2v) is 30.4. The van der Waals surface area contributed by atoms with E-state index >= 15 is 0 Å². The van der Waals surface area contributed by atoms with Gasteiger partial charge in [-0.25, -0.2) is 49.8 Å². The summed E-state index contributed by atoms with van der Waals surface area (Å²) in [5.74, 6) is 2.82. The lowest BCUT2D eigenvalue weighted by molar-refractivity contribution is 0.320. The van der Waals surface area contributed by atoms with E-state index in [0.29, 0.717) is 5.65 Å². The summed E-state index contributed by atoms with van der Waals surface area (Å²) in [6, 6.07) is 16.7. The Morgan fingerprint density at radius 2 is 0.870 bits per heavy atom. The number of aromatic nitrogens is 17. The Hall–Kier alpha value is -9.20. The number of hydrogen-bond acceptors (Lipinski definition) is 15. The molecule has 0 unspecified atom stereocenters. The summed E-state index contributed by atoms with van der Waals surface area (Å²) < 4.78 is 5.53. The van der Waals surface area contributed by atoms with E-state index in [1.54, 1.807) is 18.9 Å². The molecule has 486 valence electrons. The predicted molar refractivity (Wildman–Crippen MR) is 375 cm³/mol. The third kappa shape index (κ3) is 18.5. The van der Waals surface area contributed by atoms with Gasteiger partial charge in [0, 0.05) is 76.9 Å². The lowest BCUT2D eigenvalue weighted by Crippen LogP contribution is -2.20. The monoisotopic (exact) mass is 1240 g/mol. The summed E-state index contributed by atoms with van der Waals surface area (Å²) in [4.78, 5) is 58.0. The van der Waals surface area contributed by atoms with Crippen LogP contribution in [0.2, 0.25) is 0 Å². The number of pyridine rings is 4. The molecule has 7 N–H and O–H groups in total. The van der Waals surface area contributed by atoms with E-state index in [0.717, 1.165) is 105 Å². The molecule has 14 heterocycles. The van der Waals surface area contributed by atoms with Crippen LogP contribution in [0.15, 0.2) is 117 Å². The highest BCUT2D eigenvalue weighted by Gasteiger charge is 2.23. The lowest BCUT2D eigenvalue weighted by Gasteiger charge is -2.23. The van der Waals surface area contributed by atoms with Crippen LogP contribution in [0.5, 0.6) is 5.75 Å². The molecule has 0 amide bonds. The highest BCUT2D eigenvalue weighted by atomic mass is 16.5. The number of nitrogens with zero attached hydrogens (tertiary/aromatic N) is 12. The Kier molecular flexibility index (Phi) is 20.7. The van der Waals surface area contributed by atoms with Gasteiger partial charge in [0.2, 0.25) is 0 Å². The van der Waals surface area contributed by atoms with Gasteiger partial charge in [0.25, 0.3) is 0 Å². The number of H-pyrrole nitrogens is 5. The van der Waals surface area contributed by atoms with Crippen molar-refractivity contribution in [2.24, 2.45) is 0 Å². The first-order valence-corrected chi connectivity index (χ1v) is 31.6. The molecule has 0 aliphatic carbocycles. The minimum atomic E-state index is 0.0340. The molecule has 0 spiro atoms. The van der Waals surface area contributed by atoms with Crippen LogP contribution in [0.3, 0.4) is 0 Å². The average molecular weight is 1240 g/mol. The standard InChI is InChI=1S/C11H16N2O.C11H16N2.C11H14N2.3C10H13N3.C9H12N4/c1-11(2,3)8-6-9-10(13-7-8)12-4-5-14-9;2*1-11(2,3)9-6-8-4-5-12-10(8)13-7-9;1-10(2,3)7-4-8-9(11-5-7)13-6-12-8;1-10(2,3)8-6-12-9-7(13-8)4-5-11-9;1-10(2,3)8-6-7-4-5-11-9(7)13-12-8;1-9(2,3)6-4-10-7-8(13-6)12-5-11-7/h6-7H,4-5H2,1-3H3,(H,12,13);6-7H,4-5H2,1-3H3,(H,12,13);4-7H,1-3H3,(H,12,13);4-6H,1-3H3,(H,11,12,13);4-6H,1-3H3,(H,11,12);4-6H,1-3H3,(H,11,13);4-5H,1-3H3,(H,10,11,12,13). The molecule has 92 heavy (non-hydrogen) atoms. The summed E-state index contributed by atoms with van der Waals surface area (Å²) in [7, 11) is 0. The van der Waals surface area contributed by atoms with Crippen molar-refractivity contribution in [3.63, 3.8) is 0 Å². The smallest absolute Gasteiger partial charge is 0.197 e. The maximum absolute atomic E-state index is 5.53. The van der Waals surface area contributed by atoms with Crippen molar-refractivity contribution in [2.45, 2.75) is 190 Å². The molecular formula is C72H97N19O. The highest BCUT2D eigenvalue weighted by molar-refractivity contribution is 5.76. The van der Waals surface area contributed by atoms with Gasteiger partial charge in [0.1, 0.15) is 23.6 Å². The fourth-order valence-electron chi connectivity index (χ4n) is 9.11. The van der Waals surface area contributed by atoms with E-state index in [9.17, 15) is 0 Å². The largest absolute Gasteiger partial charge is 0.488 e. The molecule has 0 radical (unpaired) electrons. The molecule has 0 atom stereocenters. The van der Waals surface area contributed by atoms with Crippen LogP contribution in [-0.4, -0.2) is 105 Å². The van der Waals surface area contributed by atoms with Crippen molar-refractivity contribution in [3.05, 3.63) is 162 Å². The van der Waals surface area contributed by atoms with Crippen LogP contribution in [0.1, 0.15) is 190 Å². The summed E-state index contributed by atoms with van der Waals surface area (Å²) in [6.45, 7) is 48.0. The number of anilines is 2. The Bertz CT molecular complexity index is 3860. The van der Waals surface area contributed by atoms with Crippen LogP contribution < -0.4 is 15.4 Å². The number of aromatic amines is 5. The number of imidazole rings is 2. The van der Waals surface area contributed by atoms with Crippen molar-refractivity contribution in [1.29, 1.82) is 0 Å². The molecule has 0 saturated heterocycles. The van der Waals surface area contributed by atoms with Gasteiger partial charge in [-0.15, -0.1) is 5.10 Å². The van der Waals surface area contributed by atoms with Gasteiger partial charge in [-0.2, -0.15) is 5.10 Å². The molecule has 2 aliphatic rings. The van der Waals surface area contributed by atoms with Gasteiger partial charge in [-0.05, 0) is 98.4 Å². The van der Waals surface area contributed by atoms with E-state index in [-0.39, 0.29) is 37.9 Å². The number of hydrogen-bond donors (Lipinski definition) is 7. The summed E-state index contributed by atoms with van der Waals surface area (Å²) in [6.07, 6.45) is 21.4. The van der Waals surface area contributed by atoms with Crippen LogP contribution in [0.25, 0.3) is 55.7 Å². The zero-order valence-corrected chi connectivity index (χ0v) is 58.1. The van der Waals surface area contributed by atoms with Crippen molar-refractivity contribution in [1.82, 2.24) is 85.0 Å². The number of fused-ring (bicyclic) bond motifs is 7. The third-order valence-corrected chi connectivity index (χ3v) is 15.3. The molecule has 0 fully saturated rings. The summed E-state index contributed by atoms with van der Waals surface area (Å²) in [5.41, 5.74) is 17.1. The fraction of sp³-hybridized carbons (Fsp3) is 0.444. The van der Waals surface area contributed by atoms with Crippen LogP contribution >= 0.6 is 0 Å². The minimum absolute atomic E-state index is 0.0340. The first-order chi connectivity index (χ1) is 43.0. The lowest BCUT2D eigenvalue weighted by atomic mass is 9.87. The second kappa shape index (κ2) is 27.7. The summed E-state index contributed by atoms with van der Waals surface area (Å²) >= 11 is 0. The van der Waals surface area contributed by atoms with Crippen molar-refractivity contribution in [3.8, 4) is 5.75 Å². The first-order valence-electron chi connectivity index (χ1n) is 31.6. The van der Waals surface area contributed by atoms with Gasteiger partial charge in [-0.1, -0.05) is 151 Å². The zero-order chi connectivity index (χ0) is 67.0. The topological polar surface area (TPSA) is 267 Å². The SMILES string of the molecule is CC(C)(C)c1cc2cc[nH]c2nn1.CC(C)(C)c1cnc2[nH]ccc2c1.CC(C)(C)c1cnc2[nH]ccc2n1.CC(C)(C)c1cnc2c(c1)CCN2.CC(C)(C)c1cnc2c(c1)OCCN2.CC(C)(C)c1cnc2nc[nH]c2c1.CC(C)(C)c1cnc2nc[nH]c2n1. The Morgan fingerprint density at radius 1 is 0.370 bits per heavy atom. The quantitative estimate of drug-likeness (QED) is 0.0744. The molecule has 0 aromatic carbocycles. The van der Waals surface area contributed by atoms with Crippen molar-refractivity contribution < 1.29 is 4.74 Å². The van der Waals surface area contributed by atoms with Gasteiger partial charge >= 0.3 is 0 Å². The number of nitrogens with one attached hydrogen (secondary N) is 7. The maximum atomic E-state index is 5.53. The molecule has 12 aromatic heterocycles. The average Bonchev–Trinajstić information content (AvgIpc) is 1.49. The molecule has 20 heteroatoms. The molecule has 2 aliphatic heterocycles. The predicted octanol–water partition coefficient (Wildman–Crippen LogP) is 15.8. The van der Waals surface area contributed by atoms with Gasteiger partial charge in [-0.3, -0.25) is 0 Å². The van der Waals surface area contributed by atoms with Crippen LogP contribution in [-0.2, 0) is 44.3 Å². The zero-order valence-electron chi connectivity index (χ0n) is 58.1. The van der Waals surface area contributed by atoms with E-state index in [4.69, 9.17) is 4.74 Å². The van der Waals surface area contributed by atoms with Crippen molar-refractivity contribution >= 4 is 67.3 Å². The van der Waals surface area contributed by atoms with Gasteiger partial charge in [0.15, 0.2) is 39.8 Å². The number of rotatable bonds is 0. The van der Waals surface area contributed by atoms with E-state index in [1.165, 1.54) is 33.2 Å². The Morgan fingerprint density at radius 3 is 1.53 bits per heavy atom. The molecule has 0 bridgehead atoms. The normalized spacial score (nSPS) is 13.1. The van der Waals surface area contributed by atoms with Crippen LogP contribution in [0, 0.1) is 0 Å². The van der Waals surface area contributed by atoms with Crippen molar-refractivity contribution in [2.75, 3.05) is 30.3 Å². The highest BCUT2D eigenvalue weighted by Crippen LogP contribution is 2.32. The number of ether oxygens (including phenoxy) is 1. The van der Waals surface area contributed by atoms with Crippen LogP contribution in [0.4, 0.5) is 11.6 Å². The van der Waals surface area contributed by atoms with E-state index in [2.05, 4.69) is 277 Å². The molecular weight excluding hydrogens is 1150 g/mol. The second-order valence-electron chi connectivity index (χ2n) is 30.4. The van der Waals surface area contributed by atoms with E-state index in [1.807, 2.05) is 61.7 Å². The molecule has 14 rings (SSSR count). The third-order valence-electron chi connectivity index (χ3n) is 15.3. The van der Waals surface area contributed by atoms with Gasteiger partial charge in [0.05, 0.1) is 54.2 Å². The molecule has 12 aromatic rings. The fourth-order valence-corrected chi connectivity index (χ4v) is 9.11. The van der Waals surface area contributed by atoms with E-state index < -0.39 is 0 Å². The van der Waals surface area contributed by atoms with Gasteiger partial charge < -0.3 is 40.3 Å². The molecule has 20 nitrogen and oxygen atoms in total. The molecule has 0 saturated carbocycles. The first kappa shape index (κ1) is 68.7. The Labute approximate surface area is 542 Å². The Balaban J connectivity index is 0.000000138.